The van der Waals surface area contributed by atoms with Crippen molar-refractivity contribution in [2.45, 2.75) is 0 Å². The zero-order valence-corrected chi connectivity index (χ0v) is 11.7. The Balaban J connectivity index is 2.47. The van der Waals surface area contributed by atoms with Gasteiger partial charge in [0.25, 0.3) is 5.91 Å². The first-order valence-corrected chi connectivity index (χ1v) is 6.24. The number of fused-ring (bicyclic) bond motifs is 1. The number of hydrogen-bond donors (Lipinski definition) is 3. The fourth-order valence-electron chi connectivity index (χ4n) is 1.77. The summed E-state index contributed by atoms with van der Waals surface area (Å²) in [6, 6.07) is 8.90. The molecule has 0 bridgehead atoms. The second kappa shape index (κ2) is 5.27. The number of nitrogens with one attached hydrogen (secondary N) is 2. The summed E-state index contributed by atoms with van der Waals surface area (Å²) in [7, 11) is 1.60. The molecule has 0 radical (unpaired) electrons. The van der Waals surface area contributed by atoms with E-state index in [1.54, 1.807) is 19.2 Å². The molecule has 6 heteroatoms. The van der Waals surface area contributed by atoms with Gasteiger partial charge in [0.2, 0.25) is 0 Å². The number of rotatable bonds is 2. The lowest BCUT2D eigenvalue weighted by Crippen LogP contribution is -2.35. The number of benzene rings is 2. The van der Waals surface area contributed by atoms with Crippen LogP contribution >= 0.6 is 15.9 Å². The normalized spacial score (nSPS) is 10.2. The summed E-state index contributed by atoms with van der Waals surface area (Å²) >= 11 is 3.46. The minimum Gasteiger partial charge on any atom is -0.496 e. The van der Waals surface area contributed by atoms with E-state index in [9.17, 15) is 4.79 Å². The van der Waals surface area contributed by atoms with Crippen molar-refractivity contribution in [1.29, 1.82) is 5.41 Å². The van der Waals surface area contributed by atoms with Crippen molar-refractivity contribution >= 4 is 38.6 Å². The molecule has 0 aliphatic rings. The molecule has 0 unspecified atom stereocenters. The van der Waals surface area contributed by atoms with Gasteiger partial charge in [0, 0.05) is 5.56 Å². The van der Waals surface area contributed by atoms with Crippen LogP contribution < -0.4 is 15.8 Å². The van der Waals surface area contributed by atoms with E-state index < -0.39 is 5.91 Å². The lowest BCUT2D eigenvalue weighted by atomic mass is 10.1. The predicted molar refractivity (Wildman–Crippen MR) is 77.6 cm³/mol. The Bertz CT molecular complexity index is 670. The maximum absolute atomic E-state index is 11.7. The summed E-state index contributed by atoms with van der Waals surface area (Å²) in [6.07, 6.45) is 0. The molecule has 5 nitrogen and oxygen atoms in total. The second-order valence-electron chi connectivity index (χ2n) is 3.89. The van der Waals surface area contributed by atoms with E-state index in [0.717, 1.165) is 21.0 Å². The second-order valence-corrected chi connectivity index (χ2v) is 4.68. The molecule has 0 heterocycles. The molecule has 0 aromatic heterocycles. The van der Waals surface area contributed by atoms with Crippen molar-refractivity contribution in [3.8, 4) is 5.75 Å². The van der Waals surface area contributed by atoms with Gasteiger partial charge in [-0.25, -0.2) is 0 Å². The fourth-order valence-corrected chi connectivity index (χ4v) is 2.42. The van der Waals surface area contributed by atoms with Gasteiger partial charge in [-0.2, -0.15) is 0 Å². The molecular formula is C13H12BrN3O2. The van der Waals surface area contributed by atoms with Gasteiger partial charge in [-0.05, 0) is 44.9 Å². The highest BCUT2D eigenvalue weighted by atomic mass is 79.9. The lowest BCUT2D eigenvalue weighted by Gasteiger charge is -2.08. The number of halogens is 1. The maximum atomic E-state index is 11.7. The number of carbonyl (C=O) groups excluding carboxylic acids is 1. The van der Waals surface area contributed by atoms with Gasteiger partial charge < -0.3 is 10.5 Å². The highest BCUT2D eigenvalue weighted by Gasteiger charge is 2.10. The van der Waals surface area contributed by atoms with Crippen molar-refractivity contribution in [3.05, 3.63) is 40.4 Å². The third-order valence-corrected chi connectivity index (χ3v) is 3.47. The minimum absolute atomic E-state index is 0.374. The Hall–Kier alpha value is -2.08. The number of nitrogens with two attached hydrogens (primary N) is 1. The van der Waals surface area contributed by atoms with Crippen LogP contribution in [0, 0.1) is 5.41 Å². The van der Waals surface area contributed by atoms with Gasteiger partial charge >= 0.3 is 0 Å². The van der Waals surface area contributed by atoms with Gasteiger partial charge in [-0.15, -0.1) is 0 Å². The summed E-state index contributed by atoms with van der Waals surface area (Å²) in [4.78, 5) is 11.7. The van der Waals surface area contributed by atoms with Crippen LogP contribution in [-0.4, -0.2) is 19.0 Å². The molecule has 2 aromatic carbocycles. The molecule has 0 saturated heterocycles. The number of ether oxygens (including phenoxy) is 1. The summed E-state index contributed by atoms with van der Waals surface area (Å²) in [5.74, 6) is -0.0456. The standard InChI is InChI=1S/C13H12BrN3O2/c1-19-10-5-3-7-6-8(12(18)17-13(15)16)2-4-9(7)11(10)14/h2-6H,1H3,(H4,15,16,17,18). The van der Waals surface area contributed by atoms with Crippen LogP contribution in [0.25, 0.3) is 10.8 Å². The van der Waals surface area contributed by atoms with Gasteiger partial charge in [-0.3, -0.25) is 15.5 Å². The van der Waals surface area contributed by atoms with Crippen LogP contribution in [0.4, 0.5) is 0 Å². The fraction of sp³-hybridized carbons (Fsp3) is 0.0769. The Morgan fingerprint density at radius 1 is 1.37 bits per heavy atom. The number of guanidine groups is 1. The van der Waals surface area contributed by atoms with E-state index in [-0.39, 0.29) is 5.96 Å². The molecule has 0 fully saturated rings. The smallest absolute Gasteiger partial charge is 0.257 e. The molecule has 0 spiro atoms. The zero-order chi connectivity index (χ0) is 14.0. The van der Waals surface area contributed by atoms with Gasteiger partial charge in [0.05, 0.1) is 11.6 Å². The molecule has 0 saturated carbocycles. The molecule has 1 amide bonds. The number of methoxy groups -OCH3 is 1. The molecule has 0 atom stereocenters. The van der Waals surface area contributed by atoms with Crippen molar-refractivity contribution in [2.75, 3.05) is 7.11 Å². The first-order valence-electron chi connectivity index (χ1n) is 5.44. The number of carbonyl (C=O) groups is 1. The summed E-state index contributed by atoms with van der Waals surface area (Å²) < 4.78 is 6.05. The van der Waals surface area contributed by atoms with Crippen molar-refractivity contribution in [1.82, 2.24) is 5.32 Å². The third-order valence-electron chi connectivity index (χ3n) is 2.65. The van der Waals surface area contributed by atoms with Crippen LogP contribution in [0.5, 0.6) is 5.75 Å². The number of hydrogen-bond acceptors (Lipinski definition) is 3. The molecule has 2 rings (SSSR count). The monoisotopic (exact) mass is 321 g/mol. The van der Waals surface area contributed by atoms with E-state index in [1.807, 2.05) is 18.2 Å². The van der Waals surface area contributed by atoms with Gasteiger partial charge in [-0.1, -0.05) is 12.1 Å². The molecule has 19 heavy (non-hydrogen) atoms. The van der Waals surface area contributed by atoms with Gasteiger partial charge in [0.1, 0.15) is 5.75 Å². The van der Waals surface area contributed by atoms with Crippen LogP contribution in [0.2, 0.25) is 0 Å². The molecule has 4 N–H and O–H groups in total. The molecule has 0 aliphatic heterocycles. The van der Waals surface area contributed by atoms with E-state index in [0.29, 0.717) is 5.56 Å². The molecule has 98 valence electrons. The highest BCUT2D eigenvalue weighted by Crippen LogP contribution is 2.33. The van der Waals surface area contributed by atoms with E-state index in [1.165, 1.54) is 0 Å². The Labute approximate surface area is 118 Å². The average Bonchev–Trinajstić information content (AvgIpc) is 2.38. The van der Waals surface area contributed by atoms with E-state index in [2.05, 4.69) is 21.2 Å². The Morgan fingerprint density at radius 3 is 2.74 bits per heavy atom. The Morgan fingerprint density at radius 2 is 2.11 bits per heavy atom. The van der Waals surface area contributed by atoms with Crippen LogP contribution in [0.1, 0.15) is 10.4 Å². The quantitative estimate of drug-likeness (QED) is 0.585. The molecule has 2 aromatic rings. The largest absolute Gasteiger partial charge is 0.496 e. The van der Waals surface area contributed by atoms with Gasteiger partial charge in [0.15, 0.2) is 5.96 Å². The lowest BCUT2D eigenvalue weighted by molar-refractivity contribution is 0.0976. The van der Waals surface area contributed by atoms with E-state index >= 15 is 0 Å². The maximum Gasteiger partial charge on any atom is 0.257 e. The van der Waals surface area contributed by atoms with Crippen molar-refractivity contribution < 1.29 is 9.53 Å². The van der Waals surface area contributed by atoms with Crippen molar-refractivity contribution in [3.63, 3.8) is 0 Å². The van der Waals surface area contributed by atoms with Crippen LogP contribution in [0.3, 0.4) is 0 Å². The predicted octanol–water partition coefficient (Wildman–Crippen LogP) is 2.23. The zero-order valence-electron chi connectivity index (χ0n) is 10.2. The minimum atomic E-state index is -0.402. The molecule has 0 aliphatic carbocycles. The first kappa shape index (κ1) is 13.4. The average molecular weight is 322 g/mol. The van der Waals surface area contributed by atoms with Crippen molar-refractivity contribution in [2.24, 2.45) is 5.73 Å². The first-order chi connectivity index (χ1) is 9.02. The summed E-state index contributed by atoms with van der Waals surface area (Å²) in [5.41, 5.74) is 5.58. The number of amides is 1. The summed E-state index contributed by atoms with van der Waals surface area (Å²) in [6.45, 7) is 0. The van der Waals surface area contributed by atoms with Crippen LogP contribution in [0.15, 0.2) is 34.8 Å². The topological polar surface area (TPSA) is 88.2 Å². The highest BCUT2D eigenvalue weighted by molar-refractivity contribution is 9.10. The summed E-state index contributed by atoms with van der Waals surface area (Å²) in [5, 5.41) is 11.1. The van der Waals surface area contributed by atoms with Crippen LogP contribution in [-0.2, 0) is 0 Å². The SMILES string of the molecule is COc1ccc2cc(C(=O)NC(=N)N)ccc2c1Br. The Kier molecular flexibility index (Phi) is 3.71. The third kappa shape index (κ3) is 2.68. The molecular weight excluding hydrogens is 310 g/mol. The van der Waals surface area contributed by atoms with E-state index in [4.69, 9.17) is 15.9 Å².